The van der Waals surface area contributed by atoms with Crippen molar-refractivity contribution in [1.82, 2.24) is 9.88 Å². The maximum Gasteiger partial charge on any atom is 0.181 e. The van der Waals surface area contributed by atoms with E-state index >= 15 is 0 Å². The summed E-state index contributed by atoms with van der Waals surface area (Å²) in [6.07, 6.45) is 3.57. The van der Waals surface area contributed by atoms with Gasteiger partial charge in [0.05, 0.1) is 0 Å². The molecule has 1 unspecified atom stereocenters. The summed E-state index contributed by atoms with van der Waals surface area (Å²) in [5, 5.41) is 0. The van der Waals surface area contributed by atoms with E-state index in [0.717, 1.165) is 30.5 Å². The molecule has 0 spiro atoms. The van der Waals surface area contributed by atoms with Crippen LogP contribution in [0.4, 0.5) is 0 Å². The van der Waals surface area contributed by atoms with Gasteiger partial charge < -0.3 is 15.1 Å². The number of rotatable bonds is 5. The Kier molecular flexibility index (Phi) is 3.76. The second-order valence-corrected chi connectivity index (χ2v) is 4.49. The minimum Gasteiger partial charge on any atom is -0.443 e. The Labute approximate surface area is 101 Å². The molecule has 1 heterocycles. The highest BCUT2D eigenvalue weighted by atomic mass is 16.3. The molecule has 0 aliphatic rings. The Bertz CT molecular complexity index is 478. The van der Waals surface area contributed by atoms with Crippen molar-refractivity contribution in [3.8, 4) is 0 Å². The minimum atomic E-state index is 0.382. The van der Waals surface area contributed by atoms with Crippen molar-refractivity contribution in [2.24, 2.45) is 5.73 Å². The summed E-state index contributed by atoms with van der Waals surface area (Å²) >= 11 is 0. The number of oxazole rings is 1. The van der Waals surface area contributed by atoms with Crippen LogP contribution in [0.2, 0.25) is 0 Å². The first-order valence-corrected chi connectivity index (χ1v) is 5.92. The van der Waals surface area contributed by atoms with Crippen molar-refractivity contribution in [2.45, 2.75) is 18.9 Å². The van der Waals surface area contributed by atoms with Gasteiger partial charge >= 0.3 is 0 Å². The number of hydrogen-bond acceptors (Lipinski definition) is 4. The molecule has 0 aliphatic carbocycles. The van der Waals surface area contributed by atoms with Crippen LogP contribution in [-0.4, -0.2) is 30.5 Å². The van der Waals surface area contributed by atoms with Gasteiger partial charge in [0.1, 0.15) is 5.52 Å². The van der Waals surface area contributed by atoms with E-state index in [9.17, 15) is 0 Å². The highest BCUT2D eigenvalue weighted by Gasteiger charge is 2.14. The van der Waals surface area contributed by atoms with E-state index in [1.54, 1.807) is 0 Å². The molecule has 1 aromatic heterocycles. The average Bonchev–Trinajstić information content (AvgIpc) is 2.76. The van der Waals surface area contributed by atoms with Crippen LogP contribution in [0.1, 0.15) is 24.4 Å². The van der Waals surface area contributed by atoms with Gasteiger partial charge in [-0.2, -0.15) is 0 Å². The SMILES string of the molecule is CN(C)C(CCCN)c1ccc2ncoc2c1. The molecule has 0 fully saturated rings. The molecule has 0 saturated carbocycles. The second kappa shape index (κ2) is 5.29. The molecule has 0 aliphatic heterocycles. The fourth-order valence-corrected chi connectivity index (χ4v) is 2.11. The lowest BCUT2D eigenvalue weighted by molar-refractivity contribution is 0.280. The molecular formula is C13H19N3O. The van der Waals surface area contributed by atoms with Gasteiger partial charge in [-0.25, -0.2) is 4.98 Å². The molecule has 1 atom stereocenters. The molecule has 4 nitrogen and oxygen atoms in total. The van der Waals surface area contributed by atoms with Crippen molar-refractivity contribution in [1.29, 1.82) is 0 Å². The molecule has 2 aromatic rings. The normalized spacial score (nSPS) is 13.4. The van der Waals surface area contributed by atoms with E-state index < -0.39 is 0 Å². The van der Waals surface area contributed by atoms with E-state index in [-0.39, 0.29) is 0 Å². The van der Waals surface area contributed by atoms with Gasteiger partial charge in [0.15, 0.2) is 12.0 Å². The van der Waals surface area contributed by atoms with Crippen molar-refractivity contribution in [2.75, 3.05) is 20.6 Å². The van der Waals surface area contributed by atoms with Gasteiger partial charge in [-0.1, -0.05) is 6.07 Å². The zero-order valence-corrected chi connectivity index (χ0v) is 10.4. The first-order chi connectivity index (χ1) is 8.22. The van der Waals surface area contributed by atoms with Gasteiger partial charge in [0.25, 0.3) is 0 Å². The van der Waals surface area contributed by atoms with Crippen molar-refractivity contribution in [3.63, 3.8) is 0 Å². The van der Waals surface area contributed by atoms with Gasteiger partial charge in [-0.3, -0.25) is 0 Å². The lowest BCUT2D eigenvalue weighted by atomic mass is 10.0. The summed E-state index contributed by atoms with van der Waals surface area (Å²) in [6.45, 7) is 0.731. The fraction of sp³-hybridized carbons (Fsp3) is 0.462. The maximum atomic E-state index is 5.58. The Morgan fingerprint density at radius 1 is 1.41 bits per heavy atom. The van der Waals surface area contributed by atoms with Crippen LogP contribution in [0, 0.1) is 0 Å². The van der Waals surface area contributed by atoms with Gasteiger partial charge in [-0.05, 0) is 51.2 Å². The molecule has 0 amide bonds. The van der Waals surface area contributed by atoms with Crippen LogP contribution in [0.3, 0.4) is 0 Å². The minimum absolute atomic E-state index is 0.382. The van der Waals surface area contributed by atoms with Crippen LogP contribution in [0.25, 0.3) is 11.1 Å². The molecule has 92 valence electrons. The highest BCUT2D eigenvalue weighted by Crippen LogP contribution is 2.26. The molecular weight excluding hydrogens is 214 g/mol. The summed E-state index contributed by atoms with van der Waals surface area (Å²) in [4.78, 5) is 6.34. The molecule has 0 bridgehead atoms. The largest absolute Gasteiger partial charge is 0.443 e. The monoisotopic (exact) mass is 233 g/mol. The summed E-state index contributed by atoms with van der Waals surface area (Å²) in [5.74, 6) is 0. The quantitative estimate of drug-likeness (QED) is 0.860. The molecule has 0 saturated heterocycles. The zero-order chi connectivity index (χ0) is 12.3. The number of fused-ring (bicyclic) bond motifs is 1. The smallest absolute Gasteiger partial charge is 0.181 e. The number of aromatic nitrogens is 1. The molecule has 1 aromatic carbocycles. The van der Waals surface area contributed by atoms with Crippen LogP contribution in [0.5, 0.6) is 0 Å². The topological polar surface area (TPSA) is 55.3 Å². The molecule has 4 heteroatoms. The first kappa shape index (κ1) is 12.1. The van der Waals surface area contributed by atoms with Gasteiger partial charge in [0, 0.05) is 6.04 Å². The third-order valence-corrected chi connectivity index (χ3v) is 3.05. The third kappa shape index (κ3) is 2.65. The van der Waals surface area contributed by atoms with E-state index in [2.05, 4.69) is 36.1 Å². The van der Waals surface area contributed by atoms with E-state index in [0.29, 0.717) is 6.04 Å². The maximum absolute atomic E-state index is 5.58. The molecule has 2 N–H and O–H groups in total. The van der Waals surface area contributed by atoms with E-state index in [1.807, 2.05) is 6.07 Å². The standard InChI is InChI=1S/C13H19N3O/c1-16(2)12(4-3-7-14)10-5-6-11-13(8-10)17-9-15-11/h5-6,8-9,12H,3-4,7,14H2,1-2H3. The summed E-state index contributed by atoms with van der Waals surface area (Å²) in [5.41, 5.74) is 8.60. The van der Waals surface area contributed by atoms with Crippen molar-refractivity contribution in [3.05, 3.63) is 30.2 Å². The fourth-order valence-electron chi connectivity index (χ4n) is 2.11. The first-order valence-electron chi connectivity index (χ1n) is 5.92. The number of nitrogens with zero attached hydrogens (tertiary/aromatic N) is 2. The number of hydrogen-bond donors (Lipinski definition) is 1. The lowest BCUT2D eigenvalue weighted by Gasteiger charge is -2.24. The van der Waals surface area contributed by atoms with Gasteiger partial charge in [-0.15, -0.1) is 0 Å². The van der Waals surface area contributed by atoms with Crippen LogP contribution < -0.4 is 5.73 Å². The molecule has 17 heavy (non-hydrogen) atoms. The third-order valence-electron chi connectivity index (χ3n) is 3.05. The summed E-state index contributed by atoms with van der Waals surface area (Å²) < 4.78 is 5.34. The summed E-state index contributed by atoms with van der Waals surface area (Å²) in [7, 11) is 4.18. The van der Waals surface area contributed by atoms with Gasteiger partial charge in [0.2, 0.25) is 0 Å². The van der Waals surface area contributed by atoms with Crippen LogP contribution in [-0.2, 0) is 0 Å². The summed E-state index contributed by atoms with van der Waals surface area (Å²) in [6, 6.07) is 6.58. The van der Waals surface area contributed by atoms with Crippen LogP contribution in [0.15, 0.2) is 29.0 Å². The second-order valence-electron chi connectivity index (χ2n) is 4.49. The average molecular weight is 233 g/mol. The van der Waals surface area contributed by atoms with Crippen LogP contribution >= 0.6 is 0 Å². The Hall–Kier alpha value is -1.39. The van der Waals surface area contributed by atoms with E-state index in [1.165, 1.54) is 12.0 Å². The highest BCUT2D eigenvalue weighted by molar-refractivity contribution is 5.72. The van der Waals surface area contributed by atoms with Crippen molar-refractivity contribution < 1.29 is 4.42 Å². The Balaban J connectivity index is 2.27. The number of benzene rings is 1. The predicted molar refractivity (Wildman–Crippen MR) is 68.7 cm³/mol. The lowest BCUT2D eigenvalue weighted by Crippen LogP contribution is -2.20. The Morgan fingerprint density at radius 2 is 2.24 bits per heavy atom. The zero-order valence-electron chi connectivity index (χ0n) is 10.4. The van der Waals surface area contributed by atoms with Crippen molar-refractivity contribution >= 4 is 11.1 Å². The Morgan fingerprint density at radius 3 is 2.94 bits per heavy atom. The molecule has 2 rings (SSSR count). The number of nitrogens with two attached hydrogens (primary N) is 1. The molecule has 0 radical (unpaired) electrons. The predicted octanol–water partition coefficient (Wildman–Crippen LogP) is 2.17. The van der Waals surface area contributed by atoms with E-state index in [4.69, 9.17) is 10.2 Å².